The van der Waals surface area contributed by atoms with E-state index in [4.69, 9.17) is 0 Å². The molecule has 1 aliphatic heterocycles. The number of pyridine rings is 1. The molecule has 1 N–H and O–H groups in total. The van der Waals surface area contributed by atoms with Gasteiger partial charge in [-0.25, -0.2) is 0 Å². The van der Waals surface area contributed by atoms with Gasteiger partial charge in [-0.15, -0.1) is 0 Å². The number of aromatic nitrogens is 1. The van der Waals surface area contributed by atoms with Crippen LogP contribution in [0.5, 0.6) is 0 Å². The molecule has 3 unspecified atom stereocenters. The fourth-order valence-corrected chi connectivity index (χ4v) is 2.80. The molecule has 1 aromatic heterocycles. The van der Waals surface area contributed by atoms with Gasteiger partial charge in [0.25, 0.3) is 0 Å². The molecule has 1 aliphatic rings. The standard InChI is InChI=1S/C14H23N3/c1-11-12(2)17(8-6-14(11)15-3)10-13-5-4-7-16-9-13/h4-5,7,9,11-12,14-15H,6,8,10H2,1-3H3. The zero-order valence-electron chi connectivity index (χ0n) is 11.1. The van der Waals surface area contributed by atoms with Crippen LogP contribution in [0.15, 0.2) is 24.5 Å². The van der Waals surface area contributed by atoms with Crippen molar-refractivity contribution >= 4 is 0 Å². The highest BCUT2D eigenvalue weighted by molar-refractivity contribution is 5.09. The molecule has 0 aromatic carbocycles. The van der Waals surface area contributed by atoms with Gasteiger partial charge < -0.3 is 5.32 Å². The van der Waals surface area contributed by atoms with E-state index in [0.717, 1.165) is 6.54 Å². The highest BCUT2D eigenvalue weighted by Gasteiger charge is 2.31. The Balaban J connectivity index is 1.99. The van der Waals surface area contributed by atoms with Crippen LogP contribution < -0.4 is 5.32 Å². The Bertz CT molecular complexity index is 339. The van der Waals surface area contributed by atoms with E-state index < -0.39 is 0 Å². The Morgan fingerprint density at radius 2 is 2.29 bits per heavy atom. The van der Waals surface area contributed by atoms with Gasteiger partial charge in [0.05, 0.1) is 0 Å². The van der Waals surface area contributed by atoms with Crippen LogP contribution in [0.3, 0.4) is 0 Å². The largest absolute Gasteiger partial charge is 0.317 e. The van der Waals surface area contributed by atoms with Crippen LogP contribution in [0, 0.1) is 5.92 Å². The minimum absolute atomic E-state index is 0.626. The Hall–Kier alpha value is -0.930. The van der Waals surface area contributed by atoms with Gasteiger partial charge in [-0.1, -0.05) is 13.0 Å². The van der Waals surface area contributed by atoms with Gasteiger partial charge in [0, 0.05) is 37.6 Å². The van der Waals surface area contributed by atoms with Crippen molar-refractivity contribution in [3.8, 4) is 0 Å². The van der Waals surface area contributed by atoms with Crippen molar-refractivity contribution in [1.29, 1.82) is 0 Å². The summed E-state index contributed by atoms with van der Waals surface area (Å²) < 4.78 is 0. The molecular formula is C14H23N3. The smallest absolute Gasteiger partial charge is 0.0312 e. The number of hydrogen-bond donors (Lipinski definition) is 1. The Morgan fingerprint density at radius 3 is 2.94 bits per heavy atom. The van der Waals surface area contributed by atoms with Crippen LogP contribution in [0.1, 0.15) is 25.8 Å². The molecule has 3 nitrogen and oxygen atoms in total. The monoisotopic (exact) mass is 233 g/mol. The second kappa shape index (κ2) is 5.61. The van der Waals surface area contributed by atoms with Crippen molar-refractivity contribution in [2.75, 3.05) is 13.6 Å². The van der Waals surface area contributed by atoms with Crippen molar-refractivity contribution in [2.24, 2.45) is 5.92 Å². The van der Waals surface area contributed by atoms with E-state index in [1.807, 2.05) is 18.5 Å². The first kappa shape index (κ1) is 12.5. The van der Waals surface area contributed by atoms with Crippen molar-refractivity contribution in [3.05, 3.63) is 30.1 Å². The third-order valence-electron chi connectivity index (χ3n) is 4.18. The lowest BCUT2D eigenvalue weighted by Gasteiger charge is -2.42. The summed E-state index contributed by atoms with van der Waals surface area (Å²) in [7, 11) is 2.07. The molecule has 2 rings (SSSR count). The molecule has 0 aliphatic carbocycles. The number of piperidine rings is 1. The third kappa shape index (κ3) is 2.85. The number of likely N-dealkylation sites (tertiary alicyclic amines) is 1. The van der Waals surface area contributed by atoms with Crippen molar-refractivity contribution in [2.45, 2.75) is 38.9 Å². The van der Waals surface area contributed by atoms with Crippen molar-refractivity contribution < 1.29 is 0 Å². The van der Waals surface area contributed by atoms with E-state index in [2.05, 4.69) is 42.2 Å². The highest BCUT2D eigenvalue weighted by atomic mass is 15.2. The van der Waals surface area contributed by atoms with Crippen LogP contribution in [-0.2, 0) is 6.54 Å². The number of rotatable bonds is 3. The fourth-order valence-electron chi connectivity index (χ4n) is 2.80. The molecule has 3 heteroatoms. The summed E-state index contributed by atoms with van der Waals surface area (Å²) in [6.07, 6.45) is 5.05. The summed E-state index contributed by atoms with van der Waals surface area (Å²) in [4.78, 5) is 6.75. The first-order valence-corrected chi connectivity index (χ1v) is 6.52. The predicted molar refractivity (Wildman–Crippen MR) is 70.7 cm³/mol. The Kier molecular flexibility index (Phi) is 4.13. The van der Waals surface area contributed by atoms with Crippen LogP contribution in [0.2, 0.25) is 0 Å². The molecule has 0 bridgehead atoms. The maximum atomic E-state index is 4.19. The maximum absolute atomic E-state index is 4.19. The molecule has 0 saturated carbocycles. The molecule has 3 atom stereocenters. The topological polar surface area (TPSA) is 28.2 Å². The van der Waals surface area contributed by atoms with Crippen LogP contribution in [0.4, 0.5) is 0 Å². The SMILES string of the molecule is CNC1CCN(Cc2cccnc2)C(C)C1C. The van der Waals surface area contributed by atoms with E-state index in [9.17, 15) is 0 Å². The third-order valence-corrected chi connectivity index (χ3v) is 4.18. The van der Waals surface area contributed by atoms with Crippen LogP contribution in [0.25, 0.3) is 0 Å². The molecule has 17 heavy (non-hydrogen) atoms. The van der Waals surface area contributed by atoms with Gasteiger partial charge in [0.2, 0.25) is 0 Å². The van der Waals surface area contributed by atoms with E-state index >= 15 is 0 Å². The van der Waals surface area contributed by atoms with E-state index in [-0.39, 0.29) is 0 Å². The van der Waals surface area contributed by atoms with Crippen molar-refractivity contribution in [3.63, 3.8) is 0 Å². The molecule has 94 valence electrons. The zero-order chi connectivity index (χ0) is 12.3. The lowest BCUT2D eigenvalue weighted by Crippen LogP contribution is -2.52. The van der Waals surface area contributed by atoms with Crippen LogP contribution >= 0.6 is 0 Å². The summed E-state index contributed by atoms with van der Waals surface area (Å²) >= 11 is 0. The lowest BCUT2D eigenvalue weighted by atomic mass is 9.87. The summed E-state index contributed by atoms with van der Waals surface area (Å²) in [5.41, 5.74) is 1.31. The van der Waals surface area contributed by atoms with Crippen LogP contribution in [-0.4, -0.2) is 35.6 Å². The number of nitrogens with one attached hydrogen (secondary N) is 1. The minimum atomic E-state index is 0.626. The lowest BCUT2D eigenvalue weighted by molar-refractivity contribution is 0.0810. The second-order valence-electron chi connectivity index (χ2n) is 5.12. The molecule has 1 fully saturated rings. The van der Waals surface area contributed by atoms with Gasteiger partial charge in [-0.2, -0.15) is 0 Å². The van der Waals surface area contributed by atoms with E-state index in [1.54, 1.807) is 0 Å². The average molecular weight is 233 g/mol. The second-order valence-corrected chi connectivity index (χ2v) is 5.12. The summed E-state index contributed by atoms with van der Waals surface area (Å²) in [6, 6.07) is 5.47. The molecule has 1 aromatic rings. The Morgan fingerprint density at radius 1 is 1.47 bits per heavy atom. The minimum Gasteiger partial charge on any atom is -0.317 e. The maximum Gasteiger partial charge on any atom is 0.0312 e. The van der Waals surface area contributed by atoms with Gasteiger partial charge in [0.1, 0.15) is 0 Å². The van der Waals surface area contributed by atoms with E-state index in [1.165, 1.54) is 18.5 Å². The molecular weight excluding hydrogens is 210 g/mol. The molecule has 0 spiro atoms. The van der Waals surface area contributed by atoms with Crippen molar-refractivity contribution in [1.82, 2.24) is 15.2 Å². The predicted octanol–water partition coefficient (Wildman–Crippen LogP) is 1.90. The number of hydrogen-bond acceptors (Lipinski definition) is 3. The first-order chi connectivity index (χ1) is 8.22. The quantitative estimate of drug-likeness (QED) is 0.864. The zero-order valence-corrected chi connectivity index (χ0v) is 11.1. The summed E-state index contributed by atoms with van der Waals surface area (Å²) in [6.45, 7) is 6.88. The molecule has 1 saturated heterocycles. The van der Waals surface area contributed by atoms with Gasteiger partial charge >= 0.3 is 0 Å². The summed E-state index contributed by atoms with van der Waals surface area (Å²) in [5.74, 6) is 0.699. The average Bonchev–Trinajstić information content (AvgIpc) is 2.37. The van der Waals surface area contributed by atoms with Gasteiger partial charge in [-0.05, 0) is 37.9 Å². The highest BCUT2D eigenvalue weighted by Crippen LogP contribution is 2.24. The fraction of sp³-hybridized carbons (Fsp3) is 0.643. The van der Waals surface area contributed by atoms with E-state index in [0.29, 0.717) is 18.0 Å². The first-order valence-electron chi connectivity index (χ1n) is 6.52. The molecule has 0 radical (unpaired) electrons. The summed E-state index contributed by atoms with van der Waals surface area (Å²) in [5, 5.41) is 3.43. The normalized spacial score (nSPS) is 30.4. The Labute approximate surface area is 104 Å². The molecule has 2 heterocycles. The number of nitrogens with zero attached hydrogens (tertiary/aromatic N) is 2. The van der Waals surface area contributed by atoms with Gasteiger partial charge in [0.15, 0.2) is 0 Å². The molecule has 0 amide bonds. The van der Waals surface area contributed by atoms with Gasteiger partial charge in [-0.3, -0.25) is 9.88 Å².